The Balaban J connectivity index is 2.11. The highest BCUT2D eigenvalue weighted by molar-refractivity contribution is 5.46. The fraction of sp³-hybridized carbons (Fsp3) is 0.154. The van der Waals surface area contributed by atoms with E-state index in [1.165, 1.54) is 11.3 Å². The predicted octanol–water partition coefficient (Wildman–Crippen LogP) is 2.30. The molecule has 0 fully saturated rings. The molecule has 0 spiro atoms. The Bertz CT molecular complexity index is 454. The molecule has 3 heteroatoms. The van der Waals surface area contributed by atoms with Gasteiger partial charge < -0.3 is 10.6 Å². The fourth-order valence-corrected chi connectivity index (χ4v) is 1.64. The first-order valence-corrected chi connectivity index (χ1v) is 5.22. The van der Waals surface area contributed by atoms with Crippen LogP contribution in [0.3, 0.4) is 0 Å². The van der Waals surface area contributed by atoms with Gasteiger partial charge in [0.25, 0.3) is 0 Å². The van der Waals surface area contributed by atoms with Crippen LogP contribution in [-0.2, 0) is 6.54 Å². The third kappa shape index (κ3) is 2.51. The first-order valence-electron chi connectivity index (χ1n) is 5.22. The third-order valence-corrected chi connectivity index (χ3v) is 2.46. The first-order chi connectivity index (χ1) is 7.75. The predicted molar refractivity (Wildman–Crippen MR) is 67.2 cm³/mol. The number of hydrogen-bond acceptors (Lipinski definition) is 3. The van der Waals surface area contributed by atoms with Crippen molar-refractivity contribution in [1.82, 2.24) is 4.98 Å². The molecule has 1 aromatic heterocycles. The Hall–Kier alpha value is -2.03. The molecule has 0 radical (unpaired) electrons. The van der Waals surface area contributed by atoms with Crippen molar-refractivity contribution in [2.75, 3.05) is 17.7 Å². The Morgan fingerprint density at radius 3 is 2.62 bits per heavy atom. The van der Waals surface area contributed by atoms with Crippen molar-refractivity contribution in [3.63, 3.8) is 0 Å². The van der Waals surface area contributed by atoms with Gasteiger partial charge in [-0.25, -0.2) is 4.98 Å². The number of benzene rings is 1. The lowest BCUT2D eigenvalue weighted by Crippen LogP contribution is -2.16. The van der Waals surface area contributed by atoms with Crippen LogP contribution >= 0.6 is 0 Å². The van der Waals surface area contributed by atoms with Gasteiger partial charge in [0.2, 0.25) is 0 Å². The van der Waals surface area contributed by atoms with Gasteiger partial charge in [0.15, 0.2) is 0 Å². The van der Waals surface area contributed by atoms with Crippen LogP contribution in [-0.4, -0.2) is 12.0 Å². The summed E-state index contributed by atoms with van der Waals surface area (Å²) in [5.41, 5.74) is 8.00. The summed E-state index contributed by atoms with van der Waals surface area (Å²) in [4.78, 5) is 6.15. The molecule has 2 aromatic rings. The minimum Gasteiger partial charge on any atom is -0.384 e. The number of para-hydroxylation sites is 1. The maximum Gasteiger partial charge on any atom is 0.123 e. The number of nitrogens with zero attached hydrogens (tertiary/aromatic N) is 2. The number of rotatable bonds is 3. The van der Waals surface area contributed by atoms with E-state index in [1.807, 2.05) is 30.3 Å². The highest BCUT2D eigenvalue weighted by Crippen LogP contribution is 2.14. The van der Waals surface area contributed by atoms with Crippen LogP contribution in [0.25, 0.3) is 0 Å². The molecule has 3 nitrogen and oxygen atoms in total. The first kappa shape index (κ1) is 10.5. The Kier molecular flexibility index (Phi) is 3.05. The number of pyridine rings is 1. The second-order valence-corrected chi connectivity index (χ2v) is 3.78. The summed E-state index contributed by atoms with van der Waals surface area (Å²) < 4.78 is 0. The van der Waals surface area contributed by atoms with Gasteiger partial charge in [0, 0.05) is 25.5 Å². The van der Waals surface area contributed by atoms with E-state index in [0.29, 0.717) is 5.82 Å². The zero-order chi connectivity index (χ0) is 11.4. The second kappa shape index (κ2) is 4.66. The van der Waals surface area contributed by atoms with E-state index in [2.05, 4.69) is 29.1 Å². The summed E-state index contributed by atoms with van der Waals surface area (Å²) in [6.45, 7) is 0.830. The molecule has 82 valence electrons. The summed E-state index contributed by atoms with van der Waals surface area (Å²) >= 11 is 0. The van der Waals surface area contributed by atoms with E-state index in [0.717, 1.165) is 6.54 Å². The van der Waals surface area contributed by atoms with Crippen molar-refractivity contribution in [2.24, 2.45) is 0 Å². The average molecular weight is 213 g/mol. The molecule has 0 aliphatic heterocycles. The van der Waals surface area contributed by atoms with Gasteiger partial charge in [-0.2, -0.15) is 0 Å². The SMILES string of the molecule is CN(Cc1ccnc(N)c1)c1ccccc1. The molecule has 2 N–H and O–H groups in total. The molecule has 0 amide bonds. The van der Waals surface area contributed by atoms with E-state index in [9.17, 15) is 0 Å². The van der Waals surface area contributed by atoms with Crippen LogP contribution in [0.15, 0.2) is 48.7 Å². The van der Waals surface area contributed by atoms with Crippen molar-refractivity contribution < 1.29 is 0 Å². The van der Waals surface area contributed by atoms with Crippen LogP contribution in [0, 0.1) is 0 Å². The van der Waals surface area contributed by atoms with Crippen LogP contribution in [0.2, 0.25) is 0 Å². The third-order valence-electron chi connectivity index (χ3n) is 2.46. The van der Waals surface area contributed by atoms with Crippen LogP contribution in [0.1, 0.15) is 5.56 Å². The normalized spacial score (nSPS) is 10.1. The van der Waals surface area contributed by atoms with Crippen molar-refractivity contribution in [2.45, 2.75) is 6.54 Å². The number of nitrogens with two attached hydrogens (primary N) is 1. The van der Waals surface area contributed by atoms with Gasteiger partial charge in [0.05, 0.1) is 0 Å². The van der Waals surface area contributed by atoms with Crippen molar-refractivity contribution >= 4 is 11.5 Å². The summed E-state index contributed by atoms with van der Waals surface area (Å²) in [5, 5.41) is 0. The smallest absolute Gasteiger partial charge is 0.123 e. The molecule has 0 unspecified atom stereocenters. The lowest BCUT2D eigenvalue weighted by molar-refractivity contribution is 0.920. The van der Waals surface area contributed by atoms with Gasteiger partial charge in [-0.05, 0) is 29.8 Å². The fourth-order valence-electron chi connectivity index (χ4n) is 1.64. The largest absolute Gasteiger partial charge is 0.384 e. The Morgan fingerprint density at radius 2 is 1.94 bits per heavy atom. The molecule has 0 saturated heterocycles. The van der Waals surface area contributed by atoms with Gasteiger partial charge in [-0.15, -0.1) is 0 Å². The van der Waals surface area contributed by atoms with E-state index >= 15 is 0 Å². The van der Waals surface area contributed by atoms with E-state index < -0.39 is 0 Å². The molecular weight excluding hydrogens is 198 g/mol. The van der Waals surface area contributed by atoms with Gasteiger partial charge in [-0.3, -0.25) is 0 Å². The van der Waals surface area contributed by atoms with Gasteiger partial charge in [0.1, 0.15) is 5.82 Å². The zero-order valence-electron chi connectivity index (χ0n) is 9.30. The highest BCUT2D eigenvalue weighted by atomic mass is 15.1. The van der Waals surface area contributed by atoms with Crippen LogP contribution < -0.4 is 10.6 Å². The number of anilines is 2. The zero-order valence-corrected chi connectivity index (χ0v) is 9.30. The minimum atomic E-state index is 0.568. The van der Waals surface area contributed by atoms with Gasteiger partial charge >= 0.3 is 0 Å². The van der Waals surface area contributed by atoms with Crippen LogP contribution in [0.5, 0.6) is 0 Å². The quantitative estimate of drug-likeness (QED) is 0.850. The maximum atomic E-state index is 5.64. The summed E-state index contributed by atoms with van der Waals surface area (Å²) in [5.74, 6) is 0.568. The molecule has 16 heavy (non-hydrogen) atoms. The lowest BCUT2D eigenvalue weighted by Gasteiger charge is -2.19. The number of aromatic nitrogens is 1. The molecule has 0 aliphatic carbocycles. The summed E-state index contributed by atoms with van der Waals surface area (Å²) in [7, 11) is 2.06. The minimum absolute atomic E-state index is 0.568. The molecular formula is C13H15N3. The van der Waals surface area contributed by atoms with E-state index in [-0.39, 0.29) is 0 Å². The molecule has 0 bridgehead atoms. The molecule has 2 rings (SSSR count). The van der Waals surface area contributed by atoms with Crippen molar-refractivity contribution in [3.8, 4) is 0 Å². The van der Waals surface area contributed by atoms with Crippen LogP contribution in [0.4, 0.5) is 11.5 Å². The van der Waals surface area contributed by atoms with Crippen molar-refractivity contribution in [3.05, 3.63) is 54.2 Å². The molecule has 0 saturated carbocycles. The average Bonchev–Trinajstić information content (AvgIpc) is 2.30. The maximum absolute atomic E-state index is 5.64. The van der Waals surface area contributed by atoms with E-state index in [1.54, 1.807) is 6.20 Å². The lowest BCUT2D eigenvalue weighted by atomic mass is 10.2. The monoisotopic (exact) mass is 213 g/mol. The number of hydrogen-bond donors (Lipinski definition) is 1. The van der Waals surface area contributed by atoms with Crippen molar-refractivity contribution in [1.29, 1.82) is 0 Å². The molecule has 0 aliphatic rings. The summed E-state index contributed by atoms with van der Waals surface area (Å²) in [6.07, 6.45) is 1.74. The highest BCUT2D eigenvalue weighted by Gasteiger charge is 2.01. The molecule has 0 atom stereocenters. The Morgan fingerprint density at radius 1 is 1.19 bits per heavy atom. The van der Waals surface area contributed by atoms with Gasteiger partial charge in [-0.1, -0.05) is 18.2 Å². The Labute approximate surface area is 95.5 Å². The molecule has 1 aromatic carbocycles. The standard InChI is InChI=1S/C13H15N3/c1-16(12-5-3-2-4-6-12)10-11-7-8-15-13(14)9-11/h2-9H,10H2,1H3,(H2,14,15). The summed E-state index contributed by atoms with van der Waals surface area (Å²) in [6, 6.07) is 14.1. The van der Waals surface area contributed by atoms with E-state index in [4.69, 9.17) is 5.73 Å². The second-order valence-electron chi connectivity index (χ2n) is 3.78. The topological polar surface area (TPSA) is 42.2 Å². The number of nitrogen functional groups attached to an aromatic ring is 1. The molecule has 1 heterocycles.